The van der Waals surface area contributed by atoms with E-state index in [9.17, 15) is 8.78 Å². The summed E-state index contributed by atoms with van der Waals surface area (Å²) in [6.07, 6.45) is 0. The van der Waals surface area contributed by atoms with Crippen molar-refractivity contribution in [1.82, 2.24) is 5.32 Å². The topological polar surface area (TPSA) is 12.0 Å². The molecule has 20 heavy (non-hydrogen) atoms. The number of benzene rings is 2. The lowest BCUT2D eigenvalue weighted by molar-refractivity contribution is 0.504. The van der Waals surface area contributed by atoms with E-state index in [0.29, 0.717) is 17.1 Å². The predicted molar refractivity (Wildman–Crippen MR) is 78.1 cm³/mol. The first-order chi connectivity index (χ1) is 9.52. The highest BCUT2D eigenvalue weighted by Gasteiger charge is 2.17. The first-order valence-corrected chi connectivity index (χ1v) is 6.85. The molecule has 0 aliphatic carbocycles. The van der Waals surface area contributed by atoms with Crippen molar-refractivity contribution in [3.63, 3.8) is 0 Å². The summed E-state index contributed by atoms with van der Waals surface area (Å²) in [5.41, 5.74) is 2.56. The Kier molecular flexibility index (Phi) is 4.73. The Labute approximate surface area is 122 Å². The Morgan fingerprint density at radius 2 is 1.85 bits per heavy atom. The molecule has 0 aliphatic rings. The highest BCUT2D eigenvalue weighted by atomic mass is 35.5. The molecule has 0 heterocycles. The van der Waals surface area contributed by atoms with Gasteiger partial charge in [0, 0.05) is 5.02 Å². The van der Waals surface area contributed by atoms with Crippen molar-refractivity contribution >= 4 is 11.6 Å². The molecule has 0 saturated heterocycles. The van der Waals surface area contributed by atoms with Gasteiger partial charge in [-0.15, -0.1) is 0 Å². The van der Waals surface area contributed by atoms with Crippen LogP contribution in [0.1, 0.15) is 29.7 Å². The Balaban J connectivity index is 2.47. The van der Waals surface area contributed by atoms with Crippen LogP contribution in [-0.4, -0.2) is 6.54 Å². The third-order valence-electron chi connectivity index (χ3n) is 3.15. The molecule has 0 radical (unpaired) electrons. The van der Waals surface area contributed by atoms with E-state index in [4.69, 9.17) is 11.6 Å². The zero-order valence-corrected chi connectivity index (χ0v) is 12.1. The fourth-order valence-electron chi connectivity index (χ4n) is 2.17. The fourth-order valence-corrected chi connectivity index (χ4v) is 2.51. The molecule has 4 heteroatoms. The molecule has 2 aromatic carbocycles. The molecule has 1 nitrogen and oxygen atoms in total. The second-order valence-corrected chi connectivity index (χ2v) is 5.10. The van der Waals surface area contributed by atoms with E-state index in [0.717, 1.165) is 17.2 Å². The number of hydrogen-bond acceptors (Lipinski definition) is 1. The average Bonchev–Trinajstić information content (AvgIpc) is 2.40. The molecule has 1 N–H and O–H groups in total. The number of nitrogens with one attached hydrogen (secondary N) is 1. The quantitative estimate of drug-likeness (QED) is 0.867. The Bertz CT molecular complexity index is 613. The van der Waals surface area contributed by atoms with Gasteiger partial charge < -0.3 is 5.32 Å². The second kappa shape index (κ2) is 6.33. The van der Waals surface area contributed by atoms with Gasteiger partial charge in [-0.2, -0.15) is 0 Å². The molecule has 2 aromatic rings. The van der Waals surface area contributed by atoms with Gasteiger partial charge in [0.15, 0.2) is 11.6 Å². The molecule has 1 unspecified atom stereocenters. The monoisotopic (exact) mass is 295 g/mol. The lowest BCUT2D eigenvalue weighted by Crippen LogP contribution is -2.22. The summed E-state index contributed by atoms with van der Waals surface area (Å²) in [4.78, 5) is 0. The van der Waals surface area contributed by atoms with E-state index >= 15 is 0 Å². The maximum Gasteiger partial charge on any atom is 0.159 e. The normalized spacial score (nSPS) is 12.4. The summed E-state index contributed by atoms with van der Waals surface area (Å²) in [6, 6.07) is 9.37. The number of halogens is 3. The summed E-state index contributed by atoms with van der Waals surface area (Å²) in [5, 5.41) is 3.86. The van der Waals surface area contributed by atoms with Gasteiger partial charge in [-0.1, -0.05) is 36.7 Å². The van der Waals surface area contributed by atoms with Crippen LogP contribution in [0.4, 0.5) is 8.78 Å². The van der Waals surface area contributed by atoms with Crippen LogP contribution in [0.5, 0.6) is 0 Å². The summed E-state index contributed by atoms with van der Waals surface area (Å²) >= 11 is 6.27. The van der Waals surface area contributed by atoms with Crippen molar-refractivity contribution < 1.29 is 8.78 Å². The predicted octanol–water partition coefficient (Wildman–Crippen LogP) is 4.63. The molecule has 106 valence electrons. The van der Waals surface area contributed by atoms with Crippen molar-refractivity contribution in [2.24, 2.45) is 0 Å². The van der Waals surface area contributed by atoms with Gasteiger partial charge in [0.25, 0.3) is 0 Å². The van der Waals surface area contributed by atoms with E-state index in [1.165, 1.54) is 6.07 Å². The third-order valence-corrected chi connectivity index (χ3v) is 3.48. The maximum atomic E-state index is 13.4. The Hall–Kier alpha value is -1.45. The van der Waals surface area contributed by atoms with Crippen molar-refractivity contribution in [1.29, 1.82) is 0 Å². The molecule has 0 spiro atoms. The summed E-state index contributed by atoms with van der Waals surface area (Å²) in [5.74, 6) is -1.70. The van der Waals surface area contributed by atoms with Crippen LogP contribution in [0.25, 0.3) is 0 Å². The summed E-state index contributed by atoms with van der Waals surface area (Å²) in [7, 11) is 0. The van der Waals surface area contributed by atoms with Crippen molar-refractivity contribution in [2.45, 2.75) is 19.9 Å². The van der Waals surface area contributed by atoms with Crippen LogP contribution in [0, 0.1) is 18.6 Å². The van der Waals surface area contributed by atoms with Gasteiger partial charge in [0.05, 0.1) is 6.04 Å². The minimum Gasteiger partial charge on any atom is -0.306 e. The SMILES string of the molecule is CCNC(c1ccc(F)c(F)c1)c1ccc(C)cc1Cl. The number of hydrogen-bond donors (Lipinski definition) is 1. The number of aryl methyl sites for hydroxylation is 1. The van der Waals surface area contributed by atoms with Crippen molar-refractivity contribution in [2.75, 3.05) is 6.54 Å². The average molecular weight is 296 g/mol. The van der Waals surface area contributed by atoms with Gasteiger partial charge in [-0.3, -0.25) is 0 Å². The first-order valence-electron chi connectivity index (χ1n) is 6.47. The molecule has 2 rings (SSSR count). The highest BCUT2D eigenvalue weighted by molar-refractivity contribution is 6.31. The Morgan fingerprint density at radius 1 is 1.10 bits per heavy atom. The van der Waals surface area contributed by atoms with Gasteiger partial charge in [-0.25, -0.2) is 8.78 Å². The minimum atomic E-state index is -0.853. The largest absolute Gasteiger partial charge is 0.306 e. The van der Waals surface area contributed by atoms with Crippen molar-refractivity contribution in [3.05, 3.63) is 69.7 Å². The smallest absolute Gasteiger partial charge is 0.159 e. The van der Waals surface area contributed by atoms with Crippen LogP contribution in [-0.2, 0) is 0 Å². The molecule has 1 atom stereocenters. The molecule has 0 amide bonds. The van der Waals surface area contributed by atoms with E-state index < -0.39 is 11.6 Å². The highest BCUT2D eigenvalue weighted by Crippen LogP contribution is 2.29. The molecule has 0 aromatic heterocycles. The van der Waals surface area contributed by atoms with E-state index in [-0.39, 0.29) is 6.04 Å². The van der Waals surface area contributed by atoms with Crippen LogP contribution in [0.15, 0.2) is 36.4 Å². The molecule has 0 fully saturated rings. The van der Waals surface area contributed by atoms with Gasteiger partial charge in [0.2, 0.25) is 0 Å². The minimum absolute atomic E-state index is 0.261. The zero-order chi connectivity index (χ0) is 14.7. The van der Waals surface area contributed by atoms with Crippen molar-refractivity contribution in [3.8, 4) is 0 Å². The van der Waals surface area contributed by atoms with Crippen LogP contribution in [0.2, 0.25) is 5.02 Å². The zero-order valence-electron chi connectivity index (χ0n) is 11.4. The third kappa shape index (κ3) is 3.17. The molecular weight excluding hydrogens is 280 g/mol. The lowest BCUT2D eigenvalue weighted by Gasteiger charge is -2.20. The standard InChI is InChI=1S/C16H16ClF2N/c1-3-20-16(11-5-7-14(18)15(19)9-11)12-6-4-10(2)8-13(12)17/h4-9,16,20H,3H2,1-2H3. The lowest BCUT2D eigenvalue weighted by atomic mass is 9.97. The maximum absolute atomic E-state index is 13.4. The Morgan fingerprint density at radius 3 is 2.45 bits per heavy atom. The van der Waals surface area contributed by atoms with Gasteiger partial charge >= 0.3 is 0 Å². The van der Waals surface area contributed by atoms with E-state index in [2.05, 4.69) is 5.32 Å². The van der Waals surface area contributed by atoms with Crippen LogP contribution >= 0.6 is 11.6 Å². The first kappa shape index (κ1) is 14.9. The molecule has 0 bridgehead atoms. The van der Waals surface area contributed by atoms with Crippen LogP contribution < -0.4 is 5.32 Å². The molecule has 0 saturated carbocycles. The number of rotatable bonds is 4. The summed E-state index contributed by atoms with van der Waals surface area (Å²) < 4.78 is 26.5. The fraction of sp³-hybridized carbons (Fsp3) is 0.250. The van der Waals surface area contributed by atoms with E-state index in [1.807, 2.05) is 32.0 Å². The molecule has 0 aliphatic heterocycles. The van der Waals surface area contributed by atoms with Crippen LogP contribution in [0.3, 0.4) is 0 Å². The van der Waals surface area contributed by atoms with E-state index in [1.54, 1.807) is 6.07 Å². The van der Waals surface area contributed by atoms with Gasteiger partial charge in [0.1, 0.15) is 0 Å². The molecular formula is C16H16ClF2N. The summed E-state index contributed by atoms with van der Waals surface area (Å²) in [6.45, 7) is 4.60. The van der Waals surface area contributed by atoms with Gasteiger partial charge in [-0.05, 0) is 48.4 Å². The second-order valence-electron chi connectivity index (χ2n) is 4.69.